The number of nitrogens with one attached hydrogen (secondary N) is 1. The van der Waals surface area contributed by atoms with Crippen molar-refractivity contribution in [3.05, 3.63) is 17.5 Å². The zero-order valence-electron chi connectivity index (χ0n) is 12.4. The highest BCUT2D eigenvalue weighted by molar-refractivity contribution is 5.11. The Hall–Kier alpha value is -0.950. The van der Waals surface area contributed by atoms with Crippen LogP contribution in [0.5, 0.6) is 0 Å². The average Bonchev–Trinajstić information content (AvgIpc) is 3.01. The molecule has 6 nitrogen and oxygen atoms in total. The fourth-order valence-corrected chi connectivity index (χ4v) is 3.46. The highest BCUT2D eigenvalue weighted by atomic mass is 16.5. The number of hydrazine groups is 1. The first-order chi connectivity index (χ1) is 9.67. The molecule has 2 fully saturated rings. The summed E-state index contributed by atoms with van der Waals surface area (Å²) in [5.41, 5.74) is 5.18. The molecule has 3 atom stereocenters. The van der Waals surface area contributed by atoms with Crippen LogP contribution in [0.3, 0.4) is 0 Å². The van der Waals surface area contributed by atoms with Crippen LogP contribution in [0.1, 0.15) is 24.2 Å². The molecule has 20 heavy (non-hydrogen) atoms. The largest absolute Gasteiger partial charge is 0.374 e. The van der Waals surface area contributed by atoms with Crippen molar-refractivity contribution in [3.63, 3.8) is 0 Å². The van der Waals surface area contributed by atoms with Gasteiger partial charge in [-0.3, -0.25) is 20.9 Å². The molecule has 112 valence electrons. The summed E-state index contributed by atoms with van der Waals surface area (Å²) in [7, 11) is 1.98. The third kappa shape index (κ3) is 2.74. The number of fused-ring (bicyclic) bond motifs is 1. The molecule has 0 bridgehead atoms. The SMILES string of the molecule is Cc1cc(CC(NN)C2CN3CCCC3CO2)n(C)n1. The number of aromatic nitrogens is 2. The second kappa shape index (κ2) is 5.81. The Bertz CT molecular complexity index is 460. The van der Waals surface area contributed by atoms with Crippen molar-refractivity contribution in [1.82, 2.24) is 20.1 Å². The van der Waals surface area contributed by atoms with Gasteiger partial charge in [0.2, 0.25) is 0 Å². The number of rotatable bonds is 4. The maximum Gasteiger partial charge on any atom is 0.0872 e. The van der Waals surface area contributed by atoms with Gasteiger partial charge < -0.3 is 4.74 Å². The molecule has 1 aromatic heterocycles. The summed E-state index contributed by atoms with van der Waals surface area (Å²) in [6, 6.07) is 2.88. The van der Waals surface area contributed by atoms with Crippen LogP contribution < -0.4 is 11.3 Å². The van der Waals surface area contributed by atoms with Crippen molar-refractivity contribution in [2.24, 2.45) is 12.9 Å². The molecule has 0 radical (unpaired) electrons. The van der Waals surface area contributed by atoms with Crippen LogP contribution in [-0.2, 0) is 18.2 Å². The van der Waals surface area contributed by atoms with Crippen LogP contribution in [0, 0.1) is 6.92 Å². The first-order valence-electron chi connectivity index (χ1n) is 7.48. The highest BCUT2D eigenvalue weighted by Crippen LogP contribution is 2.24. The monoisotopic (exact) mass is 279 g/mol. The molecule has 0 saturated carbocycles. The van der Waals surface area contributed by atoms with E-state index in [0.717, 1.165) is 25.3 Å². The lowest BCUT2D eigenvalue weighted by molar-refractivity contribution is -0.0646. The van der Waals surface area contributed by atoms with Gasteiger partial charge in [-0.15, -0.1) is 0 Å². The van der Waals surface area contributed by atoms with Crippen molar-refractivity contribution >= 4 is 0 Å². The smallest absolute Gasteiger partial charge is 0.0872 e. The summed E-state index contributed by atoms with van der Waals surface area (Å²) >= 11 is 0. The third-order valence-corrected chi connectivity index (χ3v) is 4.61. The van der Waals surface area contributed by atoms with E-state index in [9.17, 15) is 0 Å². The molecular weight excluding hydrogens is 254 g/mol. The Morgan fingerprint density at radius 1 is 1.60 bits per heavy atom. The van der Waals surface area contributed by atoms with Crippen molar-refractivity contribution in [2.75, 3.05) is 19.7 Å². The normalized spacial score (nSPS) is 28.6. The molecule has 0 aliphatic carbocycles. The van der Waals surface area contributed by atoms with Gasteiger partial charge in [-0.05, 0) is 32.4 Å². The fourth-order valence-electron chi connectivity index (χ4n) is 3.46. The quantitative estimate of drug-likeness (QED) is 0.598. The van der Waals surface area contributed by atoms with E-state index in [1.54, 1.807) is 0 Å². The number of nitrogens with zero attached hydrogens (tertiary/aromatic N) is 3. The molecule has 2 aliphatic heterocycles. The molecule has 0 amide bonds. The second-order valence-electron chi connectivity index (χ2n) is 6.04. The van der Waals surface area contributed by atoms with Crippen molar-refractivity contribution < 1.29 is 4.74 Å². The Morgan fingerprint density at radius 3 is 3.15 bits per heavy atom. The molecule has 2 saturated heterocycles. The van der Waals surface area contributed by atoms with Crippen LogP contribution in [0.25, 0.3) is 0 Å². The molecular formula is C14H25N5O. The van der Waals surface area contributed by atoms with Gasteiger partial charge in [0, 0.05) is 31.7 Å². The minimum absolute atomic E-state index is 0.131. The summed E-state index contributed by atoms with van der Waals surface area (Å²) in [4.78, 5) is 2.55. The van der Waals surface area contributed by atoms with Crippen LogP contribution in [0.15, 0.2) is 6.07 Å². The van der Waals surface area contributed by atoms with Gasteiger partial charge in [0.05, 0.1) is 24.4 Å². The molecule has 2 aliphatic rings. The number of hydrogen-bond donors (Lipinski definition) is 2. The third-order valence-electron chi connectivity index (χ3n) is 4.61. The molecule has 0 aromatic carbocycles. The van der Waals surface area contributed by atoms with E-state index in [0.29, 0.717) is 6.04 Å². The van der Waals surface area contributed by atoms with Crippen molar-refractivity contribution in [3.8, 4) is 0 Å². The maximum atomic E-state index is 6.05. The highest BCUT2D eigenvalue weighted by Gasteiger charge is 2.35. The van der Waals surface area contributed by atoms with E-state index in [1.165, 1.54) is 25.1 Å². The number of morpholine rings is 1. The van der Waals surface area contributed by atoms with E-state index in [1.807, 2.05) is 18.7 Å². The van der Waals surface area contributed by atoms with Crippen LogP contribution in [0.4, 0.5) is 0 Å². The topological polar surface area (TPSA) is 68.3 Å². The van der Waals surface area contributed by atoms with Gasteiger partial charge in [0.25, 0.3) is 0 Å². The molecule has 0 spiro atoms. The summed E-state index contributed by atoms with van der Waals surface area (Å²) in [6.45, 7) is 5.04. The molecule has 3 N–H and O–H groups in total. The first-order valence-corrected chi connectivity index (χ1v) is 7.48. The number of ether oxygens (including phenoxy) is 1. The predicted molar refractivity (Wildman–Crippen MR) is 77.1 cm³/mol. The van der Waals surface area contributed by atoms with Gasteiger partial charge >= 0.3 is 0 Å². The number of nitrogens with two attached hydrogens (primary N) is 1. The molecule has 3 unspecified atom stereocenters. The Labute approximate surface area is 120 Å². The fraction of sp³-hybridized carbons (Fsp3) is 0.786. The standard InChI is InChI=1S/C14H25N5O/c1-10-6-12(18(2)17-10)7-13(16-15)14-8-19-5-3-4-11(19)9-20-14/h6,11,13-14,16H,3-5,7-9,15H2,1-2H3. The van der Waals surface area contributed by atoms with E-state index in [4.69, 9.17) is 10.6 Å². The van der Waals surface area contributed by atoms with Gasteiger partial charge in [-0.25, -0.2) is 0 Å². The maximum absolute atomic E-state index is 6.05. The molecule has 3 heterocycles. The lowest BCUT2D eigenvalue weighted by Gasteiger charge is -2.38. The summed E-state index contributed by atoms with van der Waals surface area (Å²) < 4.78 is 7.98. The Kier molecular flexibility index (Phi) is 4.07. The van der Waals surface area contributed by atoms with E-state index < -0.39 is 0 Å². The predicted octanol–water partition coefficient (Wildman–Crippen LogP) is -0.0339. The van der Waals surface area contributed by atoms with E-state index in [-0.39, 0.29) is 12.1 Å². The van der Waals surface area contributed by atoms with Crippen LogP contribution in [-0.4, -0.2) is 52.6 Å². The van der Waals surface area contributed by atoms with E-state index in [2.05, 4.69) is 21.5 Å². The van der Waals surface area contributed by atoms with Gasteiger partial charge in [0.15, 0.2) is 0 Å². The van der Waals surface area contributed by atoms with Crippen LogP contribution >= 0.6 is 0 Å². The van der Waals surface area contributed by atoms with Crippen molar-refractivity contribution in [1.29, 1.82) is 0 Å². The van der Waals surface area contributed by atoms with Gasteiger partial charge in [0.1, 0.15) is 0 Å². The molecule has 1 aromatic rings. The number of aryl methyl sites for hydroxylation is 2. The van der Waals surface area contributed by atoms with E-state index >= 15 is 0 Å². The second-order valence-corrected chi connectivity index (χ2v) is 6.04. The van der Waals surface area contributed by atoms with Gasteiger partial charge in [-0.2, -0.15) is 5.10 Å². The lowest BCUT2D eigenvalue weighted by atomic mass is 10.0. The van der Waals surface area contributed by atoms with Crippen LogP contribution in [0.2, 0.25) is 0 Å². The zero-order valence-corrected chi connectivity index (χ0v) is 12.4. The summed E-state index contributed by atoms with van der Waals surface area (Å²) in [5.74, 6) is 5.77. The summed E-state index contributed by atoms with van der Waals surface area (Å²) in [6.07, 6.45) is 3.57. The van der Waals surface area contributed by atoms with Crippen molar-refractivity contribution in [2.45, 2.75) is 44.4 Å². The minimum Gasteiger partial charge on any atom is -0.374 e. The molecule has 6 heteroatoms. The number of hydrogen-bond acceptors (Lipinski definition) is 5. The first kappa shape index (κ1) is 14.0. The minimum atomic E-state index is 0.131. The summed E-state index contributed by atoms with van der Waals surface area (Å²) in [5, 5.41) is 4.39. The lowest BCUT2D eigenvalue weighted by Crippen LogP contribution is -2.56. The Balaban J connectivity index is 1.65. The molecule has 3 rings (SSSR count). The average molecular weight is 279 g/mol. The Morgan fingerprint density at radius 2 is 2.45 bits per heavy atom. The zero-order chi connectivity index (χ0) is 14.1. The van der Waals surface area contributed by atoms with Gasteiger partial charge in [-0.1, -0.05) is 0 Å².